The molecule has 0 heterocycles. The molecule has 0 fully saturated rings. The SMILES string of the molecule is CC(C)CC(NC(=O)C(N)CS)C(=O)NC(CO)C(=O)NC(CS)C(=O)O. The van der Waals surface area contributed by atoms with Crippen LogP contribution in [0.2, 0.25) is 0 Å². The number of carboxylic acid groups (broad SMARTS) is 1. The minimum atomic E-state index is -1.38. The average Bonchev–Trinajstić information content (AvgIpc) is 2.61. The van der Waals surface area contributed by atoms with Crippen molar-refractivity contribution in [1.29, 1.82) is 0 Å². The molecule has 156 valence electrons. The molecule has 0 aliphatic carbocycles. The van der Waals surface area contributed by atoms with Crippen LogP contribution in [0.1, 0.15) is 20.3 Å². The smallest absolute Gasteiger partial charge is 0.327 e. The van der Waals surface area contributed by atoms with Crippen LogP contribution in [0.15, 0.2) is 0 Å². The molecule has 0 spiro atoms. The van der Waals surface area contributed by atoms with Gasteiger partial charge >= 0.3 is 5.97 Å². The maximum atomic E-state index is 12.5. The molecule has 0 aliphatic heterocycles. The Morgan fingerprint density at radius 2 is 1.37 bits per heavy atom. The summed E-state index contributed by atoms with van der Waals surface area (Å²) in [6.45, 7) is 2.92. The number of carbonyl (C=O) groups is 4. The van der Waals surface area contributed by atoms with E-state index in [0.29, 0.717) is 0 Å². The standard InChI is InChI=1S/C15H28N4O6S2/c1-7(2)3-9(17-12(21)8(16)5-26)13(22)18-10(4-20)14(23)19-11(6-27)15(24)25/h7-11,20,26-27H,3-6,16H2,1-2H3,(H,17,21)(H,18,22)(H,19,23)(H,24,25). The highest BCUT2D eigenvalue weighted by Gasteiger charge is 2.29. The Morgan fingerprint density at radius 3 is 1.78 bits per heavy atom. The summed E-state index contributed by atoms with van der Waals surface area (Å²) in [4.78, 5) is 47.5. The number of rotatable bonds is 12. The van der Waals surface area contributed by atoms with Gasteiger partial charge in [0.15, 0.2) is 0 Å². The molecule has 0 saturated heterocycles. The minimum absolute atomic E-state index is 0.0373. The zero-order valence-electron chi connectivity index (χ0n) is 15.2. The lowest BCUT2D eigenvalue weighted by molar-refractivity contribution is -0.142. The Hall–Kier alpha value is -1.50. The fourth-order valence-corrected chi connectivity index (χ4v) is 2.40. The lowest BCUT2D eigenvalue weighted by atomic mass is 10.0. The van der Waals surface area contributed by atoms with Crippen LogP contribution in [0.5, 0.6) is 0 Å². The van der Waals surface area contributed by atoms with Crippen LogP contribution in [0.3, 0.4) is 0 Å². The zero-order valence-corrected chi connectivity index (χ0v) is 17.0. The number of thiol groups is 2. The maximum absolute atomic E-state index is 12.5. The molecule has 0 radical (unpaired) electrons. The van der Waals surface area contributed by atoms with Crippen molar-refractivity contribution in [3.8, 4) is 0 Å². The quantitative estimate of drug-likeness (QED) is 0.164. The van der Waals surface area contributed by atoms with E-state index in [9.17, 15) is 24.3 Å². The molecule has 27 heavy (non-hydrogen) atoms. The second kappa shape index (κ2) is 12.8. The topological polar surface area (TPSA) is 171 Å². The van der Waals surface area contributed by atoms with Crippen molar-refractivity contribution in [2.24, 2.45) is 11.7 Å². The van der Waals surface area contributed by atoms with E-state index in [0.717, 1.165) is 0 Å². The summed E-state index contributed by atoms with van der Waals surface area (Å²) < 4.78 is 0. The number of aliphatic carboxylic acids is 1. The highest BCUT2D eigenvalue weighted by atomic mass is 32.1. The van der Waals surface area contributed by atoms with E-state index in [-0.39, 0.29) is 23.8 Å². The first-order valence-corrected chi connectivity index (χ1v) is 9.55. The summed E-state index contributed by atoms with van der Waals surface area (Å²) in [6.07, 6.45) is 0.269. The van der Waals surface area contributed by atoms with E-state index in [4.69, 9.17) is 10.8 Å². The third kappa shape index (κ3) is 9.31. The van der Waals surface area contributed by atoms with E-state index in [1.54, 1.807) is 0 Å². The largest absolute Gasteiger partial charge is 0.480 e. The van der Waals surface area contributed by atoms with Crippen molar-refractivity contribution in [2.75, 3.05) is 18.1 Å². The number of carbonyl (C=O) groups excluding carboxylic acids is 3. The van der Waals surface area contributed by atoms with E-state index < -0.39 is 54.5 Å². The molecule has 4 unspecified atom stereocenters. The minimum Gasteiger partial charge on any atom is -0.480 e. The Bertz CT molecular complexity index is 534. The molecule has 4 atom stereocenters. The first kappa shape index (κ1) is 25.5. The molecule has 0 aromatic rings. The molecular weight excluding hydrogens is 396 g/mol. The van der Waals surface area contributed by atoms with Gasteiger partial charge in [-0.25, -0.2) is 4.79 Å². The van der Waals surface area contributed by atoms with Crippen molar-refractivity contribution in [3.05, 3.63) is 0 Å². The third-order valence-electron chi connectivity index (χ3n) is 3.49. The fraction of sp³-hybridized carbons (Fsp3) is 0.733. The summed E-state index contributed by atoms with van der Waals surface area (Å²) in [6, 6.07) is -4.54. The van der Waals surface area contributed by atoms with Crippen LogP contribution in [-0.2, 0) is 19.2 Å². The second-order valence-corrected chi connectivity index (χ2v) is 7.04. The monoisotopic (exact) mass is 424 g/mol. The van der Waals surface area contributed by atoms with E-state index in [1.807, 2.05) is 13.8 Å². The van der Waals surface area contributed by atoms with Gasteiger partial charge in [-0.1, -0.05) is 13.8 Å². The summed E-state index contributed by atoms with van der Waals surface area (Å²) in [5.41, 5.74) is 5.58. The first-order chi connectivity index (χ1) is 12.6. The predicted octanol–water partition coefficient (Wildman–Crippen LogP) is -2.25. The van der Waals surface area contributed by atoms with Gasteiger partial charge in [-0.05, 0) is 12.3 Å². The van der Waals surface area contributed by atoms with Gasteiger partial charge in [-0.15, -0.1) is 0 Å². The summed E-state index contributed by atoms with van der Waals surface area (Å²) >= 11 is 7.75. The van der Waals surface area contributed by atoms with Crippen molar-refractivity contribution in [3.63, 3.8) is 0 Å². The molecule has 12 heteroatoms. The summed E-state index contributed by atoms with van der Waals surface area (Å²) in [5, 5.41) is 25.3. The predicted molar refractivity (Wildman–Crippen MR) is 106 cm³/mol. The van der Waals surface area contributed by atoms with Crippen LogP contribution in [0.25, 0.3) is 0 Å². The third-order valence-corrected chi connectivity index (χ3v) is 4.24. The van der Waals surface area contributed by atoms with E-state index in [1.165, 1.54) is 0 Å². The van der Waals surface area contributed by atoms with Crippen LogP contribution >= 0.6 is 25.3 Å². The van der Waals surface area contributed by atoms with Crippen molar-refractivity contribution >= 4 is 48.9 Å². The number of carboxylic acids is 1. The molecule has 10 nitrogen and oxygen atoms in total. The Balaban J connectivity index is 5.10. The Labute approximate surface area is 168 Å². The molecule has 0 aliphatic rings. The fourth-order valence-electron chi connectivity index (χ4n) is 1.99. The van der Waals surface area contributed by atoms with Gasteiger partial charge in [-0.2, -0.15) is 25.3 Å². The van der Waals surface area contributed by atoms with Gasteiger partial charge in [0.05, 0.1) is 12.6 Å². The maximum Gasteiger partial charge on any atom is 0.327 e. The normalized spacial score (nSPS) is 15.4. The van der Waals surface area contributed by atoms with Gasteiger partial charge in [0.25, 0.3) is 0 Å². The number of nitrogens with two attached hydrogens (primary N) is 1. The lowest BCUT2D eigenvalue weighted by Gasteiger charge is -2.24. The summed E-state index contributed by atoms with van der Waals surface area (Å²) in [7, 11) is 0. The van der Waals surface area contributed by atoms with Gasteiger partial charge in [-0.3, -0.25) is 14.4 Å². The second-order valence-electron chi connectivity index (χ2n) is 6.31. The van der Waals surface area contributed by atoms with Crippen LogP contribution in [0.4, 0.5) is 0 Å². The summed E-state index contributed by atoms with van der Waals surface area (Å²) in [5.74, 6) is -3.49. The van der Waals surface area contributed by atoms with Crippen LogP contribution in [0, 0.1) is 5.92 Å². The molecule has 0 bridgehead atoms. The van der Waals surface area contributed by atoms with Crippen LogP contribution < -0.4 is 21.7 Å². The molecule has 0 rings (SSSR count). The first-order valence-electron chi connectivity index (χ1n) is 8.29. The lowest BCUT2D eigenvalue weighted by Crippen LogP contribution is -2.58. The van der Waals surface area contributed by atoms with E-state index in [2.05, 4.69) is 41.2 Å². The van der Waals surface area contributed by atoms with Gasteiger partial charge in [0.1, 0.15) is 18.1 Å². The highest BCUT2D eigenvalue weighted by molar-refractivity contribution is 7.80. The molecule has 0 aromatic carbocycles. The van der Waals surface area contributed by atoms with Crippen molar-refractivity contribution in [2.45, 2.75) is 44.4 Å². The van der Waals surface area contributed by atoms with Crippen molar-refractivity contribution in [1.82, 2.24) is 16.0 Å². The van der Waals surface area contributed by atoms with E-state index >= 15 is 0 Å². The van der Waals surface area contributed by atoms with Crippen molar-refractivity contribution < 1.29 is 29.4 Å². The molecule has 0 saturated carbocycles. The highest BCUT2D eigenvalue weighted by Crippen LogP contribution is 2.06. The number of nitrogens with one attached hydrogen (secondary N) is 3. The zero-order chi connectivity index (χ0) is 21.1. The number of aliphatic hydroxyl groups excluding tert-OH is 1. The number of aliphatic hydroxyl groups is 1. The van der Waals surface area contributed by atoms with Gasteiger partial charge in [0, 0.05) is 11.5 Å². The van der Waals surface area contributed by atoms with Gasteiger partial charge in [0.2, 0.25) is 17.7 Å². The molecule has 7 N–H and O–H groups in total. The number of amides is 3. The molecule has 0 aromatic heterocycles. The average molecular weight is 425 g/mol. The molecule has 3 amide bonds. The molecular formula is C15H28N4O6S2. The number of hydrogen-bond donors (Lipinski definition) is 8. The Kier molecular flexibility index (Phi) is 12.1. The number of hydrogen-bond acceptors (Lipinski definition) is 8. The Morgan fingerprint density at radius 1 is 0.889 bits per heavy atom. The van der Waals surface area contributed by atoms with Crippen LogP contribution in [-0.4, -0.2) is 76.2 Å². The van der Waals surface area contributed by atoms with Gasteiger partial charge < -0.3 is 31.9 Å².